The zero-order valence-corrected chi connectivity index (χ0v) is 14.2. The third-order valence-corrected chi connectivity index (χ3v) is 3.84. The van der Waals surface area contributed by atoms with Gasteiger partial charge in [0.25, 0.3) is 5.91 Å². The molecule has 6 heteroatoms. The highest BCUT2D eigenvalue weighted by Gasteiger charge is 2.14. The number of nitrogens with one attached hydrogen (secondary N) is 2. The second-order valence-corrected chi connectivity index (χ2v) is 5.66. The quantitative estimate of drug-likeness (QED) is 0.883. The molecule has 0 saturated heterocycles. The van der Waals surface area contributed by atoms with Gasteiger partial charge in [0.15, 0.2) is 0 Å². The first-order chi connectivity index (χ1) is 10.9. The minimum Gasteiger partial charge on any atom is -0.355 e. The van der Waals surface area contributed by atoms with E-state index in [4.69, 9.17) is 11.6 Å². The van der Waals surface area contributed by atoms with E-state index in [-0.39, 0.29) is 18.4 Å². The fourth-order valence-electron chi connectivity index (χ4n) is 2.42. The zero-order chi connectivity index (χ0) is 17.0. The number of carbonyl (C=O) groups excluding carboxylic acids is 2. The van der Waals surface area contributed by atoms with Crippen LogP contribution in [0, 0.1) is 13.8 Å². The van der Waals surface area contributed by atoms with Crippen LogP contribution in [0.1, 0.15) is 28.7 Å². The number of hydrogen-bond acceptors (Lipinski definition) is 2. The molecule has 5 nitrogen and oxygen atoms in total. The summed E-state index contributed by atoms with van der Waals surface area (Å²) in [6.07, 6.45) is 0. The van der Waals surface area contributed by atoms with E-state index in [0.717, 1.165) is 17.1 Å². The number of aromatic nitrogens is 1. The highest BCUT2D eigenvalue weighted by atomic mass is 35.5. The fourth-order valence-corrected chi connectivity index (χ4v) is 2.62. The van der Waals surface area contributed by atoms with Gasteiger partial charge in [-0.15, -0.1) is 0 Å². The maximum Gasteiger partial charge on any atom is 0.253 e. The number of benzene rings is 1. The van der Waals surface area contributed by atoms with Crippen LogP contribution in [0.25, 0.3) is 5.69 Å². The van der Waals surface area contributed by atoms with Crippen LogP contribution in [-0.2, 0) is 4.79 Å². The number of halogens is 1. The topological polar surface area (TPSA) is 63.1 Å². The Kier molecular flexibility index (Phi) is 5.45. The van der Waals surface area contributed by atoms with Crippen molar-refractivity contribution in [3.05, 3.63) is 52.3 Å². The molecule has 0 aliphatic rings. The summed E-state index contributed by atoms with van der Waals surface area (Å²) in [6.45, 7) is 6.26. The normalized spacial score (nSPS) is 10.4. The highest BCUT2D eigenvalue weighted by molar-refractivity contribution is 6.34. The highest BCUT2D eigenvalue weighted by Crippen LogP contribution is 2.22. The van der Waals surface area contributed by atoms with Crippen LogP contribution < -0.4 is 10.6 Å². The lowest BCUT2D eigenvalue weighted by Gasteiger charge is -2.12. The Bertz CT molecular complexity index is 718. The monoisotopic (exact) mass is 333 g/mol. The van der Waals surface area contributed by atoms with Gasteiger partial charge < -0.3 is 15.2 Å². The first-order valence-corrected chi connectivity index (χ1v) is 7.81. The van der Waals surface area contributed by atoms with Gasteiger partial charge >= 0.3 is 0 Å². The first kappa shape index (κ1) is 17.1. The second-order valence-electron chi connectivity index (χ2n) is 5.25. The van der Waals surface area contributed by atoms with Crippen molar-refractivity contribution in [1.29, 1.82) is 0 Å². The summed E-state index contributed by atoms with van der Waals surface area (Å²) in [7, 11) is 0. The molecule has 0 atom stereocenters. The van der Waals surface area contributed by atoms with Gasteiger partial charge in [-0.3, -0.25) is 9.59 Å². The molecular formula is C17H20ClN3O2. The number of amides is 2. The van der Waals surface area contributed by atoms with Crippen molar-refractivity contribution in [1.82, 2.24) is 15.2 Å². The number of carbonyl (C=O) groups is 2. The lowest BCUT2D eigenvalue weighted by molar-refractivity contribution is -0.120. The summed E-state index contributed by atoms with van der Waals surface area (Å²) < 4.78 is 2.04. The van der Waals surface area contributed by atoms with Crippen LogP contribution in [0.4, 0.5) is 0 Å². The molecule has 0 bridgehead atoms. The van der Waals surface area contributed by atoms with Crippen molar-refractivity contribution in [2.24, 2.45) is 0 Å². The molecule has 0 spiro atoms. The molecule has 0 unspecified atom stereocenters. The standard InChI is InChI=1S/C17H20ClN3O2/c1-4-19-16(22)10-20-17(23)14-9-13(7-8-15(14)18)21-11(2)5-6-12(21)3/h5-9H,4,10H2,1-3H3,(H,19,22)(H,20,23). The fraction of sp³-hybridized carbons (Fsp3) is 0.294. The molecule has 0 fully saturated rings. The predicted octanol–water partition coefficient (Wildman–Crippen LogP) is 2.61. The third-order valence-electron chi connectivity index (χ3n) is 3.51. The smallest absolute Gasteiger partial charge is 0.253 e. The Hall–Kier alpha value is -2.27. The van der Waals surface area contributed by atoms with Crippen molar-refractivity contribution in [2.75, 3.05) is 13.1 Å². The minimum atomic E-state index is -0.370. The van der Waals surface area contributed by atoms with E-state index in [9.17, 15) is 9.59 Å². The molecule has 23 heavy (non-hydrogen) atoms. The first-order valence-electron chi connectivity index (χ1n) is 7.43. The number of likely N-dealkylation sites (N-methyl/N-ethyl adjacent to an activating group) is 1. The molecular weight excluding hydrogens is 314 g/mol. The van der Waals surface area contributed by atoms with E-state index in [0.29, 0.717) is 17.1 Å². The zero-order valence-electron chi connectivity index (χ0n) is 13.4. The summed E-state index contributed by atoms with van der Waals surface area (Å²) in [5.74, 6) is -0.601. The second kappa shape index (κ2) is 7.33. The van der Waals surface area contributed by atoms with Gasteiger partial charge in [0.05, 0.1) is 17.1 Å². The number of rotatable bonds is 5. The number of nitrogens with zero attached hydrogens (tertiary/aromatic N) is 1. The van der Waals surface area contributed by atoms with Crippen LogP contribution in [0.2, 0.25) is 5.02 Å². The van der Waals surface area contributed by atoms with Gasteiger partial charge in [0.2, 0.25) is 5.91 Å². The third kappa shape index (κ3) is 3.93. The van der Waals surface area contributed by atoms with Crippen molar-refractivity contribution >= 4 is 23.4 Å². The van der Waals surface area contributed by atoms with E-state index < -0.39 is 0 Å². The number of hydrogen-bond donors (Lipinski definition) is 2. The van der Waals surface area contributed by atoms with Crippen molar-refractivity contribution in [3.63, 3.8) is 0 Å². The van der Waals surface area contributed by atoms with Crippen molar-refractivity contribution < 1.29 is 9.59 Å². The molecule has 0 radical (unpaired) electrons. The van der Waals surface area contributed by atoms with E-state index in [1.807, 2.05) is 43.5 Å². The Morgan fingerprint density at radius 2 is 1.74 bits per heavy atom. The largest absolute Gasteiger partial charge is 0.355 e. The Labute approximate surface area is 140 Å². The molecule has 0 aliphatic carbocycles. The van der Waals surface area contributed by atoms with Crippen molar-refractivity contribution in [3.8, 4) is 5.69 Å². The summed E-state index contributed by atoms with van der Waals surface area (Å²) >= 11 is 6.14. The molecule has 2 amide bonds. The van der Waals surface area contributed by atoms with Gasteiger partial charge in [-0.1, -0.05) is 11.6 Å². The molecule has 1 heterocycles. The molecule has 2 rings (SSSR count). The van der Waals surface area contributed by atoms with E-state index >= 15 is 0 Å². The molecule has 1 aromatic carbocycles. The minimum absolute atomic E-state index is 0.0746. The van der Waals surface area contributed by atoms with Crippen molar-refractivity contribution in [2.45, 2.75) is 20.8 Å². The summed E-state index contributed by atoms with van der Waals surface area (Å²) in [5.41, 5.74) is 3.34. The molecule has 0 aliphatic heterocycles. The lowest BCUT2D eigenvalue weighted by atomic mass is 10.1. The molecule has 1 aromatic heterocycles. The van der Waals surface area contributed by atoms with E-state index in [1.165, 1.54) is 0 Å². The lowest BCUT2D eigenvalue weighted by Crippen LogP contribution is -2.36. The maximum absolute atomic E-state index is 12.3. The summed E-state index contributed by atoms with van der Waals surface area (Å²) in [6, 6.07) is 9.31. The number of aryl methyl sites for hydroxylation is 2. The molecule has 2 N–H and O–H groups in total. The van der Waals surface area contributed by atoms with Gasteiger partial charge in [-0.2, -0.15) is 0 Å². The van der Waals surface area contributed by atoms with Gasteiger partial charge in [-0.25, -0.2) is 0 Å². The average molecular weight is 334 g/mol. The Morgan fingerprint density at radius 1 is 1.09 bits per heavy atom. The average Bonchev–Trinajstić information content (AvgIpc) is 2.85. The maximum atomic E-state index is 12.3. The van der Waals surface area contributed by atoms with E-state index in [1.54, 1.807) is 12.1 Å². The van der Waals surface area contributed by atoms with Gasteiger partial charge in [-0.05, 0) is 51.1 Å². The van der Waals surface area contributed by atoms with Crippen LogP contribution in [0.15, 0.2) is 30.3 Å². The SMILES string of the molecule is CCNC(=O)CNC(=O)c1cc(-n2c(C)ccc2C)ccc1Cl. The van der Waals surface area contributed by atoms with Crippen LogP contribution in [0.5, 0.6) is 0 Å². The summed E-state index contributed by atoms with van der Waals surface area (Å²) in [5, 5.41) is 5.56. The molecule has 122 valence electrons. The van der Waals surface area contributed by atoms with Gasteiger partial charge in [0.1, 0.15) is 0 Å². The molecule has 0 saturated carbocycles. The predicted molar refractivity (Wildman–Crippen MR) is 91.3 cm³/mol. The van der Waals surface area contributed by atoms with Crippen LogP contribution in [0.3, 0.4) is 0 Å². The Balaban J connectivity index is 2.24. The van der Waals surface area contributed by atoms with Crippen LogP contribution in [-0.4, -0.2) is 29.5 Å². The van der Waals surface area contributed by atoms with E-state index in [2.05, 4.69) is 10.6 Å². The molecule has 2 aromatic rings. The van der Waals surface area contributed by atoms with Gasteiger partial charge in [0, 0.05) is 23.6 Å². The Morgan fingerprint density at radius 3 is 2.35 bits per heavy atom. The summed E-state index contributed by atoms with van der Waals surface area (Å²) in [4.78, 5) is 23.7. The van der Waals surface area contributed by atoms with Crippen LogP contribution >= 0.6 is 11.6 Å².